The minimum Gasteiger partial charge on any atom is -0.378 e. The summed E-state index contributed by atoms with van der Waals surface area (Å²) in [6, 6.07) is 21.8. The normalized spacial score (nSPS) is 14.0. The molecule has 8 nitrogen and oxygen atoms in total. The van der Waals surface area contributed by atoms with Crippen LogP contribution in [0.2, 0.25) is 0 Å². The molecule has 1 unspecified atom stereocenters. The molecule has 0 radical (unpaired) electrons. The van der Waals surface area contributed by atoms with Crippen LogP contribution in [0.1, 0.15) is 11.1 Å². The van der Waals surface area contributed by atoms with Gasteiger partial charge in [-0.2, -0.15) is 0 Å². The second-order valence-corrected chi connectivity index (χ2v) is 11.4. The molecule has 0 saturated carbocycles. The lowest BCUT2D eigenvalue weighted by Gasteiger charge is -2.29. The smallest absolute Gasteiger partial charge is 0.227 e. The Bertz CT molecular complexity index is 1730. The predicted molar refractivity (Wildman–Crippen MR) is 165 cm³/mol. The van der Waals surface area contributed by atoms with Crippen molar-refractivity contribution in [1.29, 1.82) is 0 Å². The number of nitrogens with one attached hydrogen (secondary N) is 2. The van der Waals surface area contributed by atoms with Crippen LogP contribution in [0.5, 0.6) is 0 Å². The molecule has 1 fully saturated rings. The molecule has 0 aliphatic carbocycles. The molecule has 0 bridgehead atoms. The Balaban J connectivity index is 1.25. The highest BCUT2D eigenvalue weighted by atomic mass is 32.2. The molecule has 1 aliphatic rings. The first-order valence-electron chi connectivity index (χ1n) is 13.7. The van der Waals surface area contributed by atoms with Crippen molar-refractivity contribution >= 4 is 34.0 Å². The Hall–Kier alpha value is -4.54. The quantitative estimate of drug-likeness (QED) is 0.220. The molecule has 1 saturated heterocycles. The fourth-order valence-corrected chi connectivity index (χ4v) is 5.68. The van der Waals surface area contributed by atoms with Gasteiger partial charge in [-0.05, 0) is 91.7 Å². The third kappa shape index (κ3) is 6.35. The number of hydrogen-bond donors (Lipinski definition) is 2. The summed E-state index contributed by atoms with van der Waals surface area (Å²) >= 11 is 0. The van der Waals surface area contributed by atoms with Gasteiger partial charge in [-0.15, -0.1) is 0 Å². The van der Waals surface area contributed by atoms with Gasteiger partial charge >= 0.3 is 0 Å². The maximum Gasteiger partial charge on any atom is 0.227 e. The largest absolute Gasteiger partial charge is 0.378 e. The molecule has 0 spiro atoms. The van der Waals surface area contributed by atoms with E-state index in [1.165, 1.54) is 12.1 Å². The molecule has 6 rings (SSSR count). The standard InChI is InChI=1S/C32H31FN6O2S/c1-22-10-12-39(21-22)28-18-26(17-27(19-28)38-13-15-41-16-14-38)37-42(40)29-8-3-23(2)31(20-29)36-32-34-11-9-30(35-32)24-4-6-25(33)7-5-24/h3-12,17-21,37H,13-16H2,1-2H3,(H,34,35,36). The van der Waals surface area contributed by atoms with Crippen molar-refractivity contribution in [1.82, 2.24) is 14.5 Å². The number of rotatable bonds is 8. The molecule has 42 heavy (non-hydrogen) atoms. The summed E-state index contributed by atoms with van der Waals surface area (Å²) in [6.45, 7) is 6.98. The fraction of sp³-hybridized carbons (Fsp3) is 0.188. The van der Waals surface area contributed by atoms with Crippen LogP contribution in [-0.4, -0.2) is 45.0 Å². The molecule has 3 heterocycles. The second kappa shape index (κ2) is 12.1. The van der Waals surface area contributed by atoms with Crippen LogP contribution >= 0.6 is 0 Å². The number of halogens is 1. The van der Waals surface area contributed by atoms with Crippen LogP contribution in [-0.2, 0) is 15.7 Å². The number of hydrogen-bond acceptors (Lipinski definition) is 6. The van der Waals surface area contributed by atoms with Crippen molar-refractivity contribution in [3.05, 3.63) is 108 Å². The Morgan fingerprint density at radius 2 is 1.71 bits per heavy atom. The number of benzene rings is 3. The first-order valence-corrected chi connectivity index (χ1v) is 14.8. The third-order valence-electron chi connectivity index (χ3n) is 7.09. The minimum atomic E-state index is -1.54. The maximum absolute atomic E-state index is 13.6. The van der Waals surface area contributed by atoms with Gasteiger partial charge in [-0.25, -0.2) is 18.6 Å². The van der Waals surface area contributed by atoms with Crippen LogP contribution in [0, 0.1) is 19.7 Å². The molecular weight excluding hydrogens is 551 g/mol. The van der Waals surface area contributed by atoms with Crippen molar-refractivity contribution in [3.8, 4) is 16.9 Å². The Morgan fingerprint density at radius 3 is 2.48 bits per heavy atom. The monoisotopic (exact) mass is 582 g/mol. The first kappa shape index (κ1) is 27.6. The SMILES string of the molecule is Cc1ccn(-c2cc(NS(=O)c3ccc(C)c(Nc4nccc(-c5ccc(F)cc5)n4)c3)cc(N3CCOCC3)c2)c1. The van der Waals surface area contributed by atoms with Gasteiger partial charge in [0.05, 0.1) is 29.5 Å². The van der Waals surface area contributed by atoms with Crippen LogP contribution in [0.3, 0.4) is 0 Å². The van der Waals surface area contributed by atoms with Gasteiger partial charge < -0.3 is 24.2 Å². The minimum absolute atomic E-state index is 0.302. The zero-order chi connectivity index (χ0) is 29.1. The van der Waals surface area contributed by atoms with Crippen LogP contribution in [0.15, 0.2) is 96.3 Å². The lowest BCUT2D eigenvalue weighted by molar-refractivity contribution is 0.122. The number of aromatic nitrogens is 3. The second-order valence-electron chi connectivity index (χ2n) is 10.2. The average molecular weight is 583 g/mol. The third-order valence-corrected chi connectivity index (χ3v) is 8.20. The number of ether oxygens (including phenoxy) is 1. The van der Waals surface area contributed by atoms with E-state index in [9.17, 15) is 8.60 Å². The van der Waals surface area contributed by atoms with Gasteiger partial charge in [-0.1, -0.05) is 6.07 Å². The number of anilines is 4. The Morgan fingerprint density at radius 1 is 0.929 bits per heavy atom. The lowest BCUT2D eigenvalue weighted by Crippen LogP contribution is -2.36. The van der Waals surface area contributed by atoms with Gasteiger partial charge in [0.15, 0.2) is 0 Å². The highest BCUT2D eigenvalue weighted by Crippen LogP contribution is 2.29. The topological polar surface area (TPSA) is 84.3 Å². The summed E-state index contributed by atoms with van der Waals surface area (Å²) in [5.41, 5.74) is 7.09. The van der Waals surface area contributed by atoms with Gasteiger partial charge in [0.25, 0.3) is 0 Å². The summed E-state index contributed by atoms with van der Waals surface area (Å²) in [4.78, 5) is 11.8. The molecule has 3 aromatic carbocycles. The molecule has 214 valence electrons. The first-order chi connectivity index (χ1) is 20.4. The van der Waals surface area contributed by atoms with Crippen molar-refractivity contribution in [2.45, 2.75) is 18.7 Å². The van der Waals surface area contributed by atoms with Gasteiger partial charge in [0.2, 0.25) is 5.95 Å². The molecule has 1 aliphatic heterocycles. The highest BCUT2D eigenvalue weighted by Gasteiger charge is 2.16. The highest BCUT2D eigenvalue weighted by molar-refractivity contribution is 7.86. The lowest BCUT2D eigenvalue weighted by atomic mass is 10.1. The number of nitrogens with zero attached hydrogens (tertiary/aromatic N) is 4. The number of morpholine rings is 1. The molecule has 2 aromatic heterocycles. The predicted octanol–water partition coefficient (Wildman–Crippen LogP) is 6.41. The van der Waals surface area contributed by atoms with E-state index in [-0.39, 0.29) is 5.82 Å². The summed E-state index contributed by atoms with van der Waals surface area (Å²) in [5, 5.41) is 3.26. The summed E-state index contributed by atoms with van der Waals surface area (Å²) < 4.78 is 37.8. The van der Waals surface area contributed by atoms with Gasteiger partial charge in [0, 0.05) is 54.3 Å². The van der Waals surface area contributed by atoms with Crippen molar-refractivity contribution < 1.29 is 13.3 Å². The zero-order valence-corrected chi connectivity index (χ0v) is 24.2. The van der Waals surface area contributed by atoms with Gasteiger partial charge in [0.1, 0.15) is 16.8 Å². The summed E-state index contributed by atoms with van der Waals surface area (Å²) in [6.07, 6.45) is 5.75. The van der Waals surface area contributed by atoms with Crippen molar-refractivity contribution in [2.24, 2.45) is 0 Å². The van der Waals surface area contributed by atoms with E-state index < -0.39 is 11.0 Å². The summed E-state index contributed by atoms with van der Waals surface area (Å²) in [5.74, 6) is 0.0877. The van der Waals surface area contributed by atoms with Crippen LogP contribution in [0.4, 0.5) is 27.4 Å². The molecular formula is C32H31FN6O2S. The van der Waals surface area contributed by atoms with E-state index >= 15 is 0 Å². The Kier molecular flexibility index (Phi) is 7.98. The van der Waals surface area contributed by atoms with E-state index in [4.69, 9.17) is 4.74 Å². The fourth-order valence-electron chi connectivity index (χ4n) is 4.81. The van der Waals surface area contributed by atoms with Crippen molar-refractivity contribution in [2.75, 3.05) is 41.2 Å². The molecule has 1 atom stereocenters. The van der Waals surface area contributed by atoms with Crippen molar-refractivity contribution in [3.63, 3.8) is 0 Å². The van der Waals surface area contributed by atoms with E-state index in [0.717, 1.165) is 52.5 Å². The van der Waals surface area contributed by atoms with Crippen LogP contribution < -0.4 is 14.9 Å². The molecule has 10 heteroatoms. The van der Waals surface area contributed by atoms with Gasteiger partial charge in [-0.3, -0.25) is 0 Å². The van der Waals surface area contributed by atoms with E-state index in [2.05, 4.69) is 54.7 Å². The maximum atomic E-state index is 13.6. The van der Waals surface area contributed by atoms with Crippen LogP contribution in [0.25, 0.3) is 16.9 Å². The molecule has 2 N–H and O–H groups in total. The molecule has 5 aromatic rings. The van der Waals surface area contributed by atoms with E-state index in [0.29, 0.717) is 29.8 Å². The Labute approximate surface area is 246 Å². The van der Waals surface area contributed by atoms with E-state index in [1.54, 1.807) is 24.4 Å². The zero-order valence-electron chi connectivity index (χ0n) is 23.4. The average Bonchev–Trinajstić information content (AvgIpc) is 3.45. The summed E-state index contributed by atoms with van der Waals surface area (Å²) in [7, 11) is -1.54. The number of aryl methyl sites for hydroxylation is 2. The molecule has 0 amide bonds. The van der Waals surface area contributed by atoms with E-state index in [1.807, 2.05) is 43.5 Å².